The standard InChI is InChI=1S/C18H20N4OS/c1-13-4-6-17(7-5-13)24-14(2)18(23)21-8-3-9-22-16(12-21)10-15(11-19)20-22/h4-7,10,14H,3,8-9,12H2,1-2H3. The van der Waals surface area contributed by atoms with Gasteiger partial charge in [0.2, 0.25) is 5.91 Å². The highest BCUT2D eigenvalue weighted by Gasteiger charge is 2.25. The van der Waals surface area contributed by atoms with Crippen LogP contribution in [0.2, 0.25) is 0 Å². The van der Waals surface area contributed by atoms with Crippen molar-refractivity contribution in [3.63, 3.8) is 0 Å². The molecular formula is C18H20N4OS. The van der Waals surface area contributed by atoms with E-state index in [1.165, 1.54) is 5.56 Å². The van der Waals surface area contributed by atoms with Gasteiger partial charge < -0.3 is 4.90 Å². The second-order valence-corrected chi connectivity index (χ2v) is 7.46. The Bertz CT molecular complexity index is 775. The van der Waals surface area contributed by atoms with Gasteiger partial charge in [-0.1, -0.05) is 17.7 Å². The molecule has 124 valence electrons. The van der Waals surface area contributed by atoms with Crippen LogP contribution >= 0.6 is 11.8 Å². The summed E-state index contributed by atoms with van der Waals surface area (Å²) in [4.78, 5) is 15.8. The minimum absolute atomic E-state index is 0.133. The zero-order valence-corrected chi connectivity index (χ0v) is 14.7. The van der Waals surface area contributed by atoms with Gasteiger partial charge in [0.15, 0.2) is 5.69 Å². The molecule has 3 rings (SSSR count). The zero-order chi connectivity index (χ0) is 17.1. The fourth-order valence-corrected chi connectivity index (χ4v) is 3.78. The van der Waals surface area contributed by atoms with Crippen LogP contribution in [-0.4, -0.2) is 32.4 Å². The number of aryl methyl sites for hydroxylation is 2. The molecule has 2 aromatic rings. The maximum atomic E-state index is 12.8. The number of thioether (sulfide) groups is 1. The van der Waals surface area contributed by atoms with Gasteiger partial charge in [-0.25, -0.2) is 0 Å². The van der Waals surface area contributed by atoms with Gasteiger partial charge in [-0.15, -0.1) is 11.8 Å². The van der Waals surface area contributed by atoms with Crippen LogP contribution in [0.1, 0.15) is 30.3 Å². The van der Waals surface area contributed by atoms with E-state index in [-0.39, 0.29) is 11.2 Å². The molecule has 0 saturated heterocycles. The molecule has 0 saturated carbocycles. The molecular weight excluding hydrogens is 320 g/mol. The van der Waals surface area contributed by atoms with E-state index in [0.717, 1.165) is 30.1 Å². The number of aromatic nitrogens is 2. The lowest BCUT2D eigenvalue weighted by molar-refractivity contribution is -0.130. The Hall–Kier alpha value is -2.26. The van der Waals surface area contributed by atoms with Gasteiger partial charge in [0.1, 0.15) is 6.07 Å². The lowest BCUT2D eigenvalue weighted by Gasteiger charge is -2.23. The van der Waals surface area contributed by atoms with Crippen LogP contribution in [0.5, 0.6) is 0 Å². The summed E-state index contributed by atoms with van der Waals surface area (Å²) in [7, 11) is 0. The van der Waals surface area contributed by atoms with Crippen molar-refractivity contribution >= 4 is 17.7 Å². The lowest BCUT2D eigenvalue weighted by atomic mass is 10.2. The van der Waals surface area contributed by atoms with E-state index in [2.05, 4.69) is 42.4 Å². The SMILES string of the molecule is Cc1ccc(SC(C)C(=O)N2CCCn3nc(C#N)cc3C2)cc1. The zero-order valence-electron chi connectivity index (χ0n) is 13.9. The van der Waals surface area contributed by atoms with Gasteiger partial charge >= 0.3 is 0 Å². The number of hydrogen-bond donors (Lipinski definition) is 0. The van der Waals surface area contributed by atoms with Crippen LogP contribution in [-0.2, 0) is 17.9 Å². The maximum Gasteiger partial charge on any atom is 0.236 e. The minimum Gasteiger partial charge on any atom is -0.336 e. The van der Waals surface area contributed by atoms with Crippen molar-refractivity contribution in [2.45, 2.75) is 43.5 Å². The molecule has 1 unspecified atom stereocenters. The Morgan fingerprint density at radius 1 is 1.33 bits per heavy atom. The van der Waals surface area contributed by atoms with Crippen LogP contribution < -0.4 is 0 Å². The highest BCUT2D eigenvalue weighted by molar-refractivity contribution is 8.00. The second-order valence-electron chi connectivity index (χ2n) is 6.04. The first-order valence-corrected chi connectivity index (χ1v) is 8.94. The number of nitrogens with zero attached hydrogens (tertiary/aromatic N) is 4. The van der Waals surface area contributed by atoms with Crippen LogP contribution in [0.25, 0.3) is 0 Å². The Morgan fingerprint density at radius 3 is 2.79 bits per heavy atom. The first kappa shape index (κ1) is 16.6. The van der Waals surface area contributed by atoms with Crippen LogP contribution in [0.3, 0.4) is 0 Å². The van der Waals surface area contributed by atoms with Crippen LogP contribution in [0, 0.1) is 18.3 Å². The van der Waals surface area contributed by atoms with Gasteiger partial charge in [0, 0.05) is 18.0 Å². The Kier molecular flexibility index (Phi) is 4.91. The van der Waals surface area contributed by atoms with Crippen molar-refractivity contribution in [3.05, 3.63) is 47.3 Å². The topological polar surface area (TPSA) is 61.9 Å². The smallest absolute Gasteiger partial charge is 0.236 e. The summed E-state index contributed by atoms with van der Waals surface area (Å²) < 4.78 is 1.85. The number of amides is 1. The number of benzene rings is 1. The Morgan fingerprint density at radius 2 is 2.08 bits per heavy atom. The minimum atomic E-state index is -0.141. The van der Waals surface area contributed by atoms with E-state index in [1.54, 1.807) is 17.8 Å². The van der Waals surface area contributed by atoms with Gasteiger partial charge in [0.05, 0.1) is 17.5 Å². The average Bonchev–Trinajstić information content (AvgIpc) is 2.87. The van der Waals surface area contributed by atoms with E-state index in [9.17, 15) is 4.79 Å². The fraction of sp³-hybridized carbons (Fsp3) is 0.389. The molecule has 0 fully saturated rings. The van der Waals surface area contributed by atoms with Gasteiger partial charge in [0.25, 0.3) is 0 Å². The maximum absolute atomic E-state index is 12.8. The highest BCUT2D eigenvalue weighted by Crippen LogP contribution is 2.26. The summed E-state index contributed by atoms with van der Waals surface area (Å²) in [6.07, 6.45) is 0.854. The van der Waals surface area contributed by atoms with Crippen molar-refractivity contribution in [3.8, 4) is 6.07 Å². The third kappa shape index (κ3) is 3.62. The first-order valence-electron chi connectivity index (χ1n) is 8.06. The molecule has 0 aliphatic carbocycles. The van der Waals surface area contributed by atoms with Gasteiger partial charge in [-0.05, 0) is 38.5 Å². The molecule has 1 amide bonds. The molecule has 1 aromatic carbocycles. The third-order valence-electron chi connectivity index (χ3n) is 4.12. The van der Waals surface area contributed by atoms with E-state index >= 15 is 0 Å². The molecule has 6 heteroatoms. The number of rotatable bonds is 3. The molecule has 0 bridgehead atoms. The fourth-order valence-electron chi connectivity index (χ4n) is 2.83. The van der Waals surface area contributed by atoms with Crippen molar-refractivity contribution in [1.29, 1.82) is 5.26 Å². The molecule has 1 atom stereocenters. The molecule has 0 N–H and O–H groups in total. The number of nitriles is 1. The molecule has 0 radical (unpaired) electrons. The quantitative estimate of drug-likeness (QED) is 0.806. The predicted octanol–water partition coefficient (Wildman–Crippen LogP) is 2.98. The molecule has 2 heterocycles. The van der Waals surface area contributed by atoms with E-state index < -0.39 is 0 Å². The largest absolute Gasteiger partial charge is 0.336 e. The van der Waals surface area contributed by atoms with Crippen LogP contribution in [0.15, 0.2) is 35.2 Å². The summed E-state index contributed by atoms with van der Waals surface area (Å²) in [5, 5.41) is 13.1. The summed E-state index contributed by atoms with van der Waals surface area (Å²) in [6, 6.07) is 12.1. The predicted molar refractivity (Wildman–Crippen MR) is 93.5 cm³/mol. The van der Waals surface area contributed by atoms with Crippen molar-refractivity contribution in [1.82, 2.24) is 14.7 Å². The van der Waals surface area contributed by atoms with E-state index in [4.69, 9.17) is 5.26 Å². The summed E-state index contributed by atoms with van der Waals surface area (Å²) in [6.45, 7) is 6.00. The second kappa shape index (κ2) is 7.10. The van der Waals surface area contributed by atoms with Gasteiger partial charge in [-0.2, -0.15) is 10.4 Å². The monoisotopic (exact) mass is 340 g/mol. The third-order valence-corrected chi connectivity index (χ3v) is 5.22. The molecule has 5 nitrogen and oxygen atoms in total. The van der Waals surface area contributed by atoms with E-state index in [0.29, 0.717) is 12.2 Å². The molecule has 1 aliphatic heterocycles. The summed E-state index contributed by atoms with van der Waals surface area (Å²) in [5.41, 5.74) is 2.57. The van der Waals surface area contributed by atoms with Crippen molar-refractivity contribution in [2.75, 3.05) is 6.54 Å². The first-order chi connectivity index (χ1) is 11.6. The van der Waals surface area contributed by atoms with Crippen molar-refractivity contribution < 1.29 is 4.79 Å². The highest BCUT2D eigenvalue weighted by atomic mass is 32.2. The Labute approximate surface area is 146 Å². The molecule has 0 spiro atoms. The van der Waals surface area contributed by atoms with E-state index in [1.807, 2.05) is 16.5 Å². The number of carbonyl (C=O) groups is 1. The van der Waals surface area contributed by atoms with Gasteiger partial charge in [-0.3, -0.25) is 9.48 Å². The number of hydrogen-bond acceptors (Lipinski definition) is 4. The molecule has 1 aromatic heterocycles. The number of carbonyl (C=O) groups excluding carboxylic acids is 1. The normalized spacial score (nSPS) is 15.3. The average molecular weight is 340 g/mol. The van der Waals surface area contributed by atoms with Crippen molar-refractivity contribution in [2.24, 2.45) is 0 Å². The molecule has 1 aliphatic rings. The molecule has 24 heavy (non-hydrogen) atoms. The number of fused-ring (bicyclic) bond motifs is 1. The van der Waals surface area contributed by atoms with Crippen LogP contribution in [0.4, 0.5) is 0 Å². The Balaban J connectivity index is 1.69. The summed E-state index contributed by atoms with van der Waals surface area (Å²) in [5.74, 6) is 0.133. The lowest BCUT2D eigenvalue weighted by Crippen LogP contribution is -2.36. The summed E-state index contributed by atoms with van der Waals surface area (Å²) >= 11 is 1.59.